The Kier molecular flexibility index (Phi) is 5.39. The summed E-state index contributed by atoms with van der Waals surface area (Å²) >= 11 is 0. The van der Waals surface area contributed by atoms with Crippen molar-refractivity contribution < 1.29 is 12.6 Å². The highest BCUT2D eigenvalue weighted by molar-refractivity contribution is 7.87. The molecule has 0 aromatic heterocycles. The van der Waals surface area contributed by atoms with Crippen LogP contribution in [0.25, 0.3) is 11.6 Å². The molecule has 0 atom stereocenters. The van der Waals surface area contributed by atoms with Gasteiger partial charge in [-0.1, -0.05) is 60.2 Å². The van der Waals surface area contributed by atoms with E-state index in [2.05, 4.69) is 6.07 Å². The maximum Gasteiger partial charge on any atom is 0.339 e. The molecule has 0 bridgehead atoms. The molecular weight excluding hydrogens is 358 g/mol. The SMILES string of the molecule is Cc1ccc(/C(C#N)=C/c2ccc(OS(=O)(=O)c3ccccc3)cc2)cc1. The highest BCUT2D eigenvalue weighted by Gasteiger charge is 2.15. The van der Waals surface area contributed by atoms with Crippen molar-refractivity contribution in [3.05, 3.63) is 95.6 Å². The normalized spacial score (nSPS) is 11.6. The van der Waals surface area contributed by atoms with E-state index >= 15 is 0 Å². The van der Waals surface area contributed by atoms with Crippen LogP contribution in [-0.4, -0.2) is 8.42 Å². The van der Waals surface area contributed by atoms with Gasteiger partial charge in [0, 0.05) is 0 Å². The molecule has 3 aromatic rings. The summed E-state index contributed by atoms with van der Waals surface area (Å²) in [7, 11) is -3.87. The van der Waals surface area contributed by atoms with Crippen LogP contribution in [0.5, 0.6) is 5.75 Å². The minimum absolute atomic E-state index is 0.0973. The number of hydrogen-bond donors (Lipinski definition) is 0. The van der Waals surface area contributed by atoms with Gasteiger partial charge in [-0.15, -0.1) is 0 Å². The van der Waals surface area contributed by atoms with Crippen molar-refractivity contribution >= 4 is 21.8 Å². The Hall–Kier alpha value is -3.36. The predicted molar refractivity (Wildman–Crippen MR) is 105 cm³/mol. The van der Waals surface area contributed by atoms with Crippen molar-refractivity contribution in [3.63, 3.8) is 0 Å². The molecule has 0 saturated carbocycles. The Morgan fingerprint density at radius 2 is 1.56 bits per heavy atom. The van der Waals surface area contributed by atoms with Crippen LogP contribution in [0.15, 0.2) is 83.8 Å². The summed E-state index contributed by atoms with van der Waals surface area (Å²) < 4.78 is 29.7. The average molecular weight is 375 g/mol. The van der Waals surface area contributed by atoms with E-state index < -0.39 is 10.1 Å². The standard InChI is InChI=1S/C22H17NO3S/c1-17-7-11-19(12-8-17)20(16-23)15-18-9-13-21(14-10-18)26-27(24,25)22-5-3-2-4-6-22/h2-15H,1H3/b20-15+. The van der Waals surface area contributed by atoms with E-state index in [1.807, 2.05) is 31.2 Å². The van der Waals surface area contributed by atoms with Crippen molar-refractivity contribution in [2.24, 2.45) is 0 Å². The van der Waals surface area contributed by atoms with E-state index in [9.17, 15) is 13.7 Å². The molecule has 134 valence electrons. The Morgan fingerprint density at radius 1 is 0.926 bits per heavy atom. The van der Waals surface area contributed by atoms with Gasteiger partial charge < -0.3 is 4.18 Å². The maximum atomic E-state index is 12.2. The highest BCUT2D eigenvalue weighted by atomic mass is 32.2. The monoisotopic (exact) mass is 375 g/mol. The fourth-order valence-corrected chi connectivity index (χ4v) is 3.41. The summed E-state index contributed by atoms with van der Waals surface area (Å²) in [6, 6.07) is 24.4. The van der Waals surface area contributed by atoms with Gasteiger partial charge in [-0.3, -0.25) is 0 Å². The molecule has 0 spiro atoms. The number of nitrogens with zero attached hydrogens (tertiary/aromatic N) is 1. The number of allylic oxidation sites excluding steroid dienone is 1. The molecule has 4 nitrogen and oxygen atoms in total. The molecule has 0 radical (unpaired) electrons. The molecule has 3 rings (SSSR count). The highest BCUT2D eigenvalue weighted by Crippen LogP contribution is 2.22. The van der Waals surface area contributed by atoms with Gasteiger partial charge in [-0.2, -0.15) is 13.7 Å². The second-order valence-electron chi connectivity index (χ2n) is 5.96. The van der Waals surface area contributed by atoms with E-state index in [1.54, 1.807) is 48.5 Å². The van der Waals surface area contributed by atoms with Gasteiger partial charge in [0.05, 0.1) is 11.6 Å². The first-order valence-corrected chi connectivity index (χ1v) is 9.67. The molecular formula is C22H17NO3S. The molecule has 0 amide bonds. The van der Waals surface area contributed by atoms with E-state index in [0.717, 1.165) is 16.7 Å². The van der Waals surface area contributed by atoms with E-state index in [-0.39, 0.29) is 10.6 Å². The second kappa shape index (κ2) is 7.90. The van der Waals surface area contributed by atoms with E-state index in [1.165, 1.54) is 12.1 Å². The molecule has 3 aromatic carbocycles. The lowest BCUT2D eigenvalue weighted by atomic mass is 10.0. The molecule has 5 heteroatoms. The summed E-state index contributed by atoms with van der Waals surface area (Å²) in [5.41, 5.74) is 3.25. The van der Waals surface area contributed by atoms with Crippen molar-refractivity contribution in [1.29, 1.82) is 5.26 Å². The zero-order valence-corrected chi connectivity index (χ0v) is 15.5. The molecule has 0 aliphatic rings. The summed E-state index contributed by atoms with van der Waals surface area (Å²) in [4.78, 5) is 0.0973. The van der Waals surface area contributed by atoms with Gasteiger partial charge >= 0.3 is 10.1 Å². The quantitative estimate of drug-likeness (QED) is 0.364. The lowest BCUT2D eigenvalue weighted by molar-refractivity contribution is 0.486. The maximum absolute atomic E-state index is 12.2. The van der Waals surface area contributed by atoms with E-state index in [4.69, 9.17) is 4.18 Å². The van der Waals surface area contributed by atoms with Gasteiger partial charge in [-0.05, 0) is 48.4 Å². The first-order chi connectivity index (χ1) is 13.0. The predicted octanol–water partition coefficient (Wildman–Crippen LogP) is 4.83. The Morgan fingerprint density at radius 3 is 2.15 bits per heavy atom. The number of aryl methyl sites for hydroxylation is 1. The zero-order chi connectivity index (χ0) is 19.3. The van der Waals surface area contributed by atoms with Crippen molar-refractivity contribution in [2.75, 3.05) is 0 Å². The zero-order valence-electron chi connectivity index (χ0n) is 14.7. The number of hydrogen-bond acceptors (Lipinski definition) is 4. The minimum atomic E-state index is -3.87. The van der Waals surface area contributed by atoms with Crippen LogP contribution < -0.4 is 4.18 Å². The number of nitriles is 1. The van der Waals surface area contributed by atoms with Crippen LogP contribution in [0.3, 0.4) is 0 Å². The smallest absolute Gasteiger partial charge is 0.339 e. The second-order valence-corrected chi connectivity index (χ2v) is 7.50. The molecule has 0 unspecified atom stereocenters. The van der Waals surface area contributed by atoms with Crippen LogP contribution >= 0.6 is 0 Å². The first-order valence-electron chi connectivity index (χ1n) is 8.26. The molecule has 0 N–H and O–H groups in total. The number of rotatable bonds is 5. The largest absolute Gasteiger partial charge is 0.379 e. The molecule has 0 saturated heterocycles. The van der Waals surface area contributed by atoms with Gasteiger partial charge in [0.2, 0.25) is 0 Å². The number of benzene rings is 3. The molecule has 27 heavy (non-hydrogen) atoms. The van der Waals surface area contributed by atoms with Crippen LogP contribution in [-0.2, 0) is 10.1 Å². The Labute approximate surface area is 159 Å². The first kappa shape index (κ1) is 18.4. The summed E-state index contributed by atoms with van der Waals surface area (Å²) in [6.45, 7) is 1.99. The van der Waals surface area contributed by atoms with Crippen molar-refractivity contribution in [2.45, 2.75) is 11.8 Å². The molecule has 0 fully saturated rings. The molecule has 0 heterocycles. The summed E-state index contributed by atoms with van der Waals surface area (Å²) in [5.74, 6) is 0.213. The van der Waals surface area contributed by atoms with Gasteiger partial charge in [0.15, 0.2) is 0 Å². The molecule has 0 aliphatic heterocycles. The third-order valence-corrected chi connectivity index (χ3v) is 5.17. The van der Waals surface area contributed by atoms with Crippen LogP contribution in [0, 0.1) is 18.3 Å². The topological polar surface area (TPSA) is 67.2 Å². The average Bonchev–Trinajstić information content (AvgIpc) is 2.69. The third kappa shape index (κ3) is 4.63. The van der Waals surface area contributed by atoms with Crippen LogP contribution in [0.2, 0.25) is 0 Å². The summed E-state index contributed by atoms with van der Waals surface area (Å²) in [6.07, 6.45) is 1.75. The third-order valence-electron chi connectivity index (χ3n) is 3.91. The van der Waals surface area contributed by atoms with E-state index in [0.29, 0.717) is 5.57 Å². The Balaban J connectivity index is 1.81. The fraction of sp³-hybridized carbons (Fsp3) is 0.0455. The minimum Gasteiger partial charge on any atom is -0.379 e. The summed E-state index contributed by atoms with van der Waals surface area (Å²) in [5, 5.41) is 9.42. The fourth-order valence-electron chi connectivity index (χ4n) is 2.46. The van der Waals surface area contributed by atoms with Gasteiger partial charge in [0.1, 0.15) is 10.6 Å². The van der Waals surface area contributed by atoms with Crippen molar-refractivity contribution in [3.8, 4) is 11.8 Å². The molecule has 0 aliphatic carbocycles. The van der Waals surface area contributed by atoms with Gasteiger partial charge in [-0.25, -0.2) is 0 Å². The van der Waals surface area contributed by atoms with Crippen LogP contribution in [0.1, 0.15) is 16.7 Å². The lowest BCUT2D eigenvalue weighted by Gasteiger charge is -2.07. The lowest BCUT2D eigenvalue weighted by Crippen LogP contribution is -2.09. The van der Waals surface area contributed by atoms with Crippen LogP contribution in [0.4, 0.5) is 0 Å². The van der Waals surface area contributed by atoms with Crippen molar-refractivity contribution in [1.82, 2.24) is 0 Å². The Bertz CT molecular complexity index is 1090. The van der Waals surface area contributed by atoms with Gasteiger partial charge in [0.25, 0.3) is 0 Å².